The van der Waals surface area contributed by atoms with Gasteiger partial charge in [0.15, 0.2) is 0 Å². The summed E-state index contributed by atoms with van der Waals surface area (Å²) < 4.78 is 0. The highest BCUT2D eigenvalue weighted by Crippen LogP contribution is 2.31. The van der Waals surface area contributed by atoms with Crippen molar-refractivity contribution in [2.24, 2.45) is 11.8 Å². The molecular formula is C8H13NO2. The summed E-state index contributed by atoms with van der Waals surface area (Å²) in [5, 5.41) is 8.57. The van der Waals surface area contributed by atoms with Crippen LogP contribution in [0.4, 0.5) is 0 Å². The standard InChI is InChI=1S/C8H13NO2/c10-8(11)7-4-9(5-7)3-6-1-2-6/h6-7H,1-5H2,(H,10,11). The Kier molecular flexibility index (Phi) is 1.60. The molecule has 2 aliphatic rings. The quantitative estimate of drug-likeness (QED) is 0.641. The van der Waals surface area contributed by atoms with Crippen LogP contribution in [-0.2, 0) is 4.79 Å². The van der Waals surface area contributed by atoms with Gasteiger partial charge in [-0.05, 0) is 18.8 Å². The van der Waals surface area contributed by atoms with Gasteiger partial charge in [0.2, 0.25) is 0 Å². The largest absolute Gasteiger partial charge is 0.481 e. The number of carboxylic acid groups (broad SMARTS) is 1. The second-order valence-electron chi connectivity index (χ2n) is 3.70. The second-order valence-corrected chi connectivity index (χ2v) is 3.70. The Balaban J connectivity index is 1.66. The summed E-state index contributed by atoms with van der Waals surface area (Å²) in [4.78, 5) is 12.6. The van der Waals surface area contributed by atoms with Crippen molar-refractivity contribution in [2.45, 2.75) is 12.8 Å². The van der Waals surface area contributed by atoms with E-state index in [-0.39, 0.29) is 5.92 Å². The predicted molar refractivity (Wildman–Crippen MR) is 40.3 cm³/mol. The van der Waals surface area contributed by atoms with E-state index in [1.165, 1.54) is 12.8 Å². The minimum Gasteiger partial charge on any atom is -0.481 e. The molecule has 1 saturated heterocycles. The summed E-state index contributed by atoms with van der Waals surface area (Å²) in [6.45, 7) is 2.71. The highest BCUT2D eigenvalue weighted by molar-refractivity contribution is 5.71. The fourth-order valence-electron chi connectivity index (χ4n) is 1.54. The van der Waals surface area contributed by atoms with Crippen molar-refractivity contribution in [3.63, 3.8) is 0 Å². The van der Waals surface area contributed by atoms with E-state index in [2.05, 4.69) is 4.90 Å². The molecule has 0 aromatic rings. The van der Waals surface area contributed by atoms with Crippen molar-refractivity contribution in [1.82, 2.24) is 4.90 Å². The highest BCUT2D eigenvalue weighted by Gasteiger charge is 2.35. The number of aliphatic carboxylic acids is 1. The molecule has 1 saturated carbocycles. The molecule has 0 unspecified atom stereocenters. The zero-order valence-electron chi connectivity index (χ0n) is 6.49. The average molecular weight is 155 g/mol. The van der Waals surface area contributed by atoms with Gasteiger partial charge in [-0.3, -0.25) is 4.79 Å². The molecular weight excluding hydrogens is 142 g/mol. The molecule has 1 N–H and O–H groups in total. The maximum absolute atomic E-state index is 10.4. The molecule has 0 aromatic carbocycles. The molecule has 62 valence electrons. The Morgan fingerprint density at radius 3 is 2.55 bits per heavy atom. The molecule has 3 heteroatoms. The number of carboxylic acids is 1. The smallest absolute Gasteiger partial charge is 0.309 e. The Morgan fingerprint density at radius 1 is 1.45 bits per heavy atom. The van der Waals surface area contributed by atoms with Crippen molar-refractivity contribution < 1.29 is 9.90 Å². The number of rotatable bonds is 3. The normalized spacial score (nSPS) is 26.5. The number of likely N-dealkylation sites (tertiary alicyclic amines) is 1. The van der Waals surface area contributed by atoms with Crippen LogP contribution in [0.2, 0.25) is 0 Å². The van der Waals surface area contributed by atoms with Crippen molar-refractivity contribution in [3.05, 3.63) is 0 Å². The van der Waals surface area contributed by atoms with E-state index in [1.807, 2.05) is 0 Å². The lowest BCUT2D eigenvalue weighted by Crippen LogP contribution is -2.50. The molecule has 1 heterocycles. The van der Waals surface area contributed by atoms with Gasteiger partial charge in [0.05, 0.1) is 5.92 Å². The molecule has 0 radical (unpaired) electrons. The first-order valence-electron chi connectivity index (χ1n) is 4.21. The van der Waals surface area contributed by atoms with Gasteiger partial charge in [0.1, 0.15) is 0 Å². The third kappa shape index (κ3) is 1.53. The van der Waals surface area contributed by atoms with Crippen LogP contribution in [0.15, 0.2) is 0 Å². The van der Waals surface area contributed by atoms with Gasteiger partial charge in [-0.15, -0.1) is 0 Å². The van der Waals surface area contributed by atoms with Crippen LogP contribution in [0, 0.1) is 11.8 Å². The monoisotopic (exact) mass is 155 g/mol. The predicted octanol–water partition coefficient (Wildman–Crippen LogP) is 0.413. The first-order chi connectivity index (χ1) is 5.25. The van der Waals surface area contributed by atoms with Crippen molar-refractivity contribution in [1.29, 1.82) is 0 Å². The van der Waals surface area contributed by atoms with Crippen LogP contribution in [0.25, 0.3) is 0 Å². The highest BCUT2D eigenvalue weighted by atomic mass is 16.4. The van der Waals surface area contributed by atoms with Crippen LogP contribution in [0.3, 0.4) is 0 Å². The molecule has 0 spiro atoms. The van der Waals surface area contributed by atoms with E-state index >= 15 is 0 Å². The molecule has 0 amide bonds. The SMILES string of the molecule is O=C(O)C1CN(CC2CC2)C1. The molecule has 0 aromatic heterocycles. The molecule has 3 nitrogen and oxygen atoms in total. The maximum Gasteiger partial charge on any atom is 0.309 e. The third-order valence-corrected chi connectivity index (χ3v) is 2.52. The van der Waals surface area contributed by atoms with Crippen LogP contribution in [0.5, 0.6) is 0 Å². The lowest BCUT2D eigenvalue weighted by molar-refractivity contribution is -0.147. The van der Waals surface area contributed by atoms with E-state index in [0.717, 1.165) is 25.6 Å². The lowest BCUT2D eigenvalue weighted by atomic mass is 10.0. The molecule has 2 rings (SSSR count). The first kappa shape index (κ1) is 7.10. The number of hydrogen-bond donors (Lipinski definition) is 1. The summed E-state index contributed by atoms with van der Waals surface area (Å²) in [7, 11) is 0. The van der Waals surface area contributed by atoms with Crippen molar-refractivity contribution in [3.8, 4) is 0 Å². The summed E-state index contributed by atoms with van der Waals surface area (Å²) in [5.74, 6) is 0.190. The molecule has 1 aliphatic carbocycles. The Bertz CT molecular complexity index is 171. The number of hydrogen-bond acceptors (Lipinski definition) is 2. The molecule has 0 bridgehead atoms. The Labute approximate surface area is 66.0 Å². The average Bonchev–Trinajstić information content (AvgIpc) is 2.58. The Morgan fingerprint density at radius 2 is 2.09 bits per heavy atom. The van der Waals surface area contributed by atoms with Gasteiger partial charge in [-0.1, -0.05) is 0 Å². The zero-order valence-corrected chi connectivity index (χ0v) is 6.49. The lowest BCUT2D eigenvalue weighted by Gasteiger charge is -2.36. The number of nitrogens with zero attached hydrogens (tertiary/aromatic N) is 1. The summed E-state index contributed by atoms with van der Waals surface area (Å²) >= 11 is 0. The van der Waals surface area contributed by atoms with Crippen LogP contribution in [-0.4, -0.2) is 35.6 Å². The molecule has 0 atom stereocenters. The minimum atomic E-state index is -0.628. The topological polar surface area (TPSA) is 40.5 Å². The number of carbonyl (C=O) groups is 1. The summed E-state index contributed by atoms with van der Waals surface area (Å²) in [5.41, 5.74) is 0. The van der Waals surface area contributed by atoms with Gasteiger partial charge in [-0.25, -0.2) is 0 Å². The summed E-state index contributed by atoms with van der Waals surface area (Å²) in [6.07, 6.45) is 2.71. The first-order valence-corrected chi connectivity index (χ1v) is 4.21. The molecule has 1 aliphatic heterocycles. The second kappa shape index (κ2) is 2.48. The van der Waals surface area contributed by atoms with Crippen molar-refractivity contribution >= 4 is 5.97 Å². The summed E-state index contributed by atoms with van der Waals surface area (Å²) in [6, 6.07) is 0. The van der Waals surface area contributed by atoms with Gasteiger partial charge < -0.3 is 10.0 Å². The van der Waals surface area contributed by atoms with E-state index < -0.39 is 5.97 Å². The van der Waals surface area contributed by atoms with Gasteiger partial charge in [0, 0.05) is 19.6 Å². The van der Waals surface area contributed by atoms with Crippen LogP contribution >= 0.6 is 0 Å². The van der Waals surface area contributed by atoms with Crippen LogP contribution in [0.1, 0.15) is 12.8 Å². The van der Waals surface area contributed by atoms with Crippen LogP contribution < -0.4 is 0 Å². The van der Waals surface area contributed by atoms with E-state index in [1.54, 1.807) is 0 Å². The fourth-order valence-corrected chi connectivity index (χ4v) is 1.54. The van der Waals surface area contributed by atoms with Gasteiger partial charge in [0.25, 0.3) is 0 Å². The van der Waals surface area contributed by atoms with Gasteiger partial charge in [-0.2, -0.15) is 0 Å². The van der Waals surface area contributed by atoms with Gasteiger partial charge >= 0.3 is 5.97 Å². The minimum absolute atomic E-state index is 0.0752. The third-order valence-electron chi connectivity index (χ3n) is 2.52. The van der Waals surface area contributed by atoms with Crippen molar-refractivity contribution in [2.75, 3.05) is 19.6 Å². The zero-order chi connectivity index (χ0) is 7.84. The van der Waals surface area contributed by atoms with E-state index in [0.29, 0.717) is 0 Å². The Hall–Kier alpha value is -0.570. The molecule has 11 heavy (non-hydrogen) atoms. The molecule has 2 fully saturated rings. The fraction of sp³-hybridized carbons (Fsp3) is 0.875. The van der Waals surface area contributed by atoms with E-state index in [9.17, 15) is 4.79 Å². The van der Waals surface area contributed by atoms with E-state index in [4.69, 9.17) is 5.11 Å². The maximum atomic E-state index is 10.4.